The van der Waals surface area contributed by atoms with Gasteiger partial charge in [0.1, 0.15) is 0 Å². The summed E-state index contributed by atoms with van der Waals surface area (Å²) >= 11 is 3.33. The van der Waals surface area contributed by atoms with E-state index >= 15 is 0 Å². The fraction of sp³-hybridized carbons (Fsp3) is 0.200. The van der Waals surface area contributed by atoms with Crippen molar-refractivity contribution in [2.75, 3.05) is 0 Å². The molecule has 0 heterocycles. The van der Waals surface area contributed by atoms with Crippen molar-refractivity contribution in [3.05, 3.63) is 69.2 Å². The van der Waals surface area contributed by atoms with Gasteiger partial charge in [0.2, 0.25) is 0 Å². The molecule has 5 heteroatoms. The zero-order valence-corrected chi connectivity index (χ0v) is 12.3. The van der Waals surface area contributed by atoms with Gasteiger partial charge in [0, 0.05) is 4.47 Å². The number of halogens is 4. The summed E-state index contributed by atoms with van der Waals surface area (Å²) in [5, 5.41) is 0. The first-order chi connectivity index (χ1) is 9.30. The quantitative estimate of drug-likeness (QED) is 0.830. The van der Waals surface area contributed by atoms with E-state index in [2.05, 4.69) is 15.9 Å². The van der Waals surface area contributed by atoms with Gasteiger partial charge in [0.05, 0.1) is 11.6 Å². The largest absolute Gasteiger partial charge is 0.416 e. The third-order valence-corrected chi connectivity index (χ3v) is 3.66. The van der Waals surface area contributed by atoms with Crippen LogP contribution in [0, 0.1) is 6.92 Å². The van der Waals surface area contributed by atoms with Crippen LogP contribution in [0.15, 0.2) is 46.9 Å². The lowest BCUT2D eigenvalue weighted by atomic mass is 9.92. The summed E-state index contributed by atoms with van der Waals surface area (Å²) in [5.74, 6) is 0. The summed E-state index contributed by atoms with van der Waals surface area (Å²) in [6, 6.07) is 9.98. The van der Waals surface area contributed by atoms with Crippen molar-refractivity contribution < 1.29 is 13.2 Å². The van der Waals surface area contributed by atoms with Gasteiger partial charge in [-0.05, 0) is 41.8 Å². The monoisotopic (exact) mass is 343 g/mol. The first-order valence-corrected chi connectivity index (χ1v) is 6.77. The van der Waals surface area contributed by atoms with E-state index in [9.17, 15) is 13.2 Å². The van der Waals surface area contributed by atoms with Gasteiger partial charge in [-0.3, -0.25) is 0 Å². The number of hydrogen-bond donors (Lipinski definition) is 1. The molecule has 0 radical (unpaired) electrons. The second kappa shape index (κ2) is 5.58. The molecule has 2 rings (SSSR count). The Morgan fingerprint density at radius 1 is 1.05 bits per heavy atom. The third-order valence-electron chi connectivity index (χ3n) is 3.17. The standard InChI is InChI=1S/C15H13BrF3N/c1-9-8-10(16)6-7-11(9)14(20)12-4-2-3-5-13(12)15(17,18)19/h2-8,14H,20H2,1H3. The van der Waals surface area contributed by atoms with Gasteiger partial charge < -0.3 is 5.73 Å². The van der Waals surface area contributed by atoms with Crippen LogP contribution in [0.2, 0.25) is 0 Å². The van der Waals surface area contributed by atoms with Crippen molar-refractivity contribution in [1.29, 1.82) is 0 Å². The maximum Gasteiger partial charge on any atom is 0.416 e. The Labute approximate surface area is 123 Å². The van der Waals surface area contributed by atoms with E-state index in [0.29, 0.717) is 5.56 Å². The van der Waals surface area contributed by atoms with Crippen LogP contribution in [-0.4, -0.2) is 0 Å². The average Bonchev–Trinajstić information content (AvgIpc) is 2.37. The van der Waals surface area contributed by atoms with E-state index in [0.717, 1.165) is 16.1 Å². The minimum atomic E-state index is -4.41. The van der Waals surface area contributed by atoms with Crippen LogP contribution in [0.3, 0.4) is 0 Å². The second-order valence-corrected chi connectivity index (χ2v) is 5.48. The summed E-state index contributed by atoms with van der Waals surface area (Å²) < 4.78 is 39.9. The van der Waals surface area contributed by atoms with Crippen LogP contribution < -0.4 is 5.73 Å². The number of nitrogens with two attached hydrogens (primary N) is 1. The Hall–Kier alpha value is -1.33. The van der Waals surface area contributed by atoms with E-state index in [1.807, 2.05) is 13.0 Å². The summed E-state index contributed by atoms with van der Waals surface area (Å²) in [6.07, 6.45) is -4.41. The average molecular weight is 344 g/mol. The molecule has 0 aliphatic rings. The lowest BCUT2D eigenvalue weighted by molar-refractivity contribution is -0.138. The molecule has 2 N–H and O–H groups in total. The van der Waals surface area contributed by atoms with Crippen molar-refractivity contribution >= 4 is 15.9 Å². The lowest BCUT2D eigenvalue weighted by Crippen LogP contribution is -2.19. The molecule has 0 bridgehead atoms. The predicted octanol–water partition coefficient (Wildman–Crippen LogP) is 4.82. The van der Waals surface area contributed by atoms with Gasteiger partial charge in [0.15, 0.2) is 0 Å². The Kier molecular flexibility index (Phi) is 4.20. The number of alkyl halides is 3. The Bertz CT molecular complexity index is 623. The maximum atomic E-state index is 13.0. The van der Waals surface area contributed by atoms with Crippen LogP contribution in [0.1, 0.15) is 28.3 Å². The van der Waals surface area contributed by atoms with Gasteiger partial charge >= 0.3 is 6.18 Å². The highest BCUT2D eigenvalue weighted by Crippen LogP contribution is 2.36. The molecular formula is C15H13BrF3N. The van der Waals surface area contributed by atoms with Gasteiger partial charge in [-0.2, -0.15) is 13.2 Å². The third kappa shape index (κ3) is 3.04. The highest BCUT2D eigenvalue weighted by Gasteiger charge is 2.34. The number of aryl methyl sites for hydroxylation is 1. The van der Waals surface area contributed by atoms with Gasteiger partial charge in [-0.1, -0.05) is 40.2 Å². The Balaban J connectivity index is 2.51. The molecule has 0 amide bonds. The van der Waals surface area contributed by atoms with Crippen molar-refractivity contribution in [2.45, 2.75) is 19.1 Å². The molecule has 0 saturated heterocycles. The van der Waals surface area contributed by atoms with Crippen molar-refractivity contribution in [3.8, 4) is 0 Å². The minimum absolute atomic E-state index is 0.0884. The van der Waals surface area contributed by atoms with Gasteiger partial charge in [-0.15, -0.1) is 0 Å². The summed E-state index contributed by atoms with van der Waals surface area (Å²) in [5.41, 5.74) is 6.99. The zero-order valence-electron chi connectivity index (χ0n) is 10.7. The molecule has 0 aliphatic carbocycles. The van der Waals surface area contributed by atoms with Crippen LogP contribution >= 0.6 is 15.9 Å². The smallest absolute Gasteiger partial charge is 0.320 e. The number of benzene rings is 2. The van der Waals surface area contributed by atoms with Crippen molar-refractivity contribution in [3.63, 3.8) is 0 Å². The molecule has 0 spiro atoms. The van der Waals surface area contributed by atoms with E-state index < -0.39 is 17.8 Å². The SMILES string of the molecule is Cc1cc(Br)ccc1C(N)c1ccccc1C(F)(F)F. The normalized spacial score (nSPS) is 13.3. The topological polar surface area (TPSA) is 26.0 Å². The van der Waals surface area contributed by atoms with Crippen LogP contribution in [0.4, 0.5) is 13.2 Å². The fourth-order valence-corrected chi connectivity index (χ4v) is 2.66. The second-order valence-electron chi connectivity index (χ2n) is 4.56. The molecule has 1 nitrogen and oxygen atoms in total. The predicted molar refractivity (Wildman–Crippen MR) is 76.4 cm³/mol. The summed E-state index contributed by atoms with van der Waals surface area (Å²) in [7, 11) is 0. The first-order valence-electron chi connectivity index (χ1n) is 5.98. The van der Waals surface area contributed by atoms with Crippen LogP contribution in [0.25, 0.3) is 0 Å². The molecule has 1 unspecified atom stereocenters. The van der Waals surface area contributed by atoms with Gasteiger partial charge in [0.25, 0.3) is 0 Å². The fourth-order valence-electron chi connectivity index (χ4n) is 2.18. The van der Waals surface area contributed by atoms with Gasteiger partial charge in [-0.25, -0.2) is 0 Å². The number of rotatable bonds is 2. The summed E-state index contributed by atoms with van der Waals surface area (Å²) in [4.78, 5) is 0. The van der Waals surface area contributed by atoms with Crippen LogP contribution in [0.5, 0.6) is 0 Å². The van der Waals surface area contributed by atoms with Crippen molar-refractivity contribution in [2.24, 2.45) is 5.73 Å². The first kappa shape index (κ1) is 15.1. The molecule has 0 saturated carbocycles. The van der Waals surface area contributed by atoms with Crippen LogP contribution in [-0.2, 0) is 6.18 Å². The van der Waals surface area contributed by atoms with E-state index in [1.165, 1.54) is 12.1 Å². The molecule has 1 atom stereocenters. The summed E-state index contributed by atoms with van der Waals surface area (Å²) in [6.45, 7) is 1.83. The minimum Gasteiger partial charge on any atom is -0.320 e. The highest BCUT2D eigenvalue weighted by atomic mass is 79.9. The molecule has 106 valence electrons. The Morgan fingerprint density at radius 2 is 1.70 bits per heavy atom. The number of hydrogen-bond acceptors (Lipinski definition) is 1. The van der Waals surface area contributed by atoms with E-state index in [-0.39, 0.29) is 5.56 Å². The molecule has 0 fully saturated rings. The molecule has 2 aromatic carbocycles. The lowest BCUT2D eigenvalue weighted by Gasteiger charge is -2.20. The Morgan fingerprint density at radius 3 is 2.30 bits per heavy atom. The molecule has 0 aliphatic heterocycles. The zero-order chi connectivity index (χ0) is 14.9. The van der Waals surface area contributed by atoms with Crippen molar-refractivity contribution in [1.82, 2.24) is 0 Å². The molecule has 2 aromatic rings. The molecule has 20 heavy (non-hydrogen) atoms. The van der Waals surface area contributed by atoms with E-state index in [4.69, 9.17) is 5.73 Å². The molecular weight excluding hydrogens is 331 g/mol. The highest BCUT2D eigenvalue weighted by molar-refractivity contribution is 9.10. The molecule has 0 aromatic heterocycles. The van der Waals surface area contributed by atoms with E-state index in [1.54, 1.807) is 18.2 Å². The maximum absolute atomic E-state index is 13.0.